The van der Waals surface area contributed by atoms with E-state index in [-0.39, 0.29) is 6.04 Å². The number of aryl methyl sites for hydroxylation is 1. The van der Waals surface area contributed by atoms with Crippen molar-refractivity contribution in [2.45, 2.75) is 19.5 Å². The summed E-state index contributed by atoms with van der Waals surface area (Å²) in [5, 5.41) is 13.4. The first kappa shape index (κ1) is 20.8. The van der Waals surface area contributed by atoms with Crippen molar-refractivity contribution in [1.29, 1.82) is 0 Å². The number of nitrogens with one attached hydrogen (secondary N) is 1. The Labute approximate surface area is 182 Å². The Hall–Kier alpha value is -2.48. The molecule has 4 rings (SSSR count). The highest BCUT2D eigenvalue weighted by Crippen LogP contribution is 2.25. The van der Waals surface area contributed by atoms with Crippen LogP contribution in [0.25, 0.3) is 0 Å². The topological polar surface area (TPSA) is 60.5 Å². The lowest BCUT2D eigenvalue weighted by Gasteiger charge is -2.37. The Morgan fingerprint density at radius 3 is 2.63 bits per heavy atom. The molecule has 3 aromatic rings. The minimum atomic E-state index is 0.0839. The number of rotatable bonds is 7. The third kappa shape index (κ3) is 4.48. The average Bonchev–Trinajstić information content (AvgIpc) is 3.23. The van der Waals surface area contributed by atoms with Crippen LogP contribution in [0.4, 0.5) is 5.69 Å². The number of nitrogens with zero attached hydrogens (tertiary/aromatic N) is 5. The fraction of sp³-hybridized carbons (Fsp3) is 0.409. The van der Waals surface area contributed by atoms with Gasteiger partial charge >= 0.3 is 0 Å². The molecule has 0 radical (unpaired) electrons. The summed E-state index contributed by atoms with van der Waals surface area (Å²) in [5.41, 5.74) is 3.71. The second-order valence-corrected chi connectivity index (χ2v) is 8.11. The van der Waals surface area contributed by atoms with E-state index < -0.39 is 0 Å². The smallest absolute Gasteiger partial charge is 0.214 e. The highest BCUT2D eigenvalue weighted by atomic mass is 35.5. The number of quaternary nitrogens is 1. The Morgan fingerprint density at radius 2 is 1.90 bits per heavy atom. The molecule has 0 aliphatic carbocycles. The first-order valence-corrected chi connectivity index (χ1v) is 10.7. The van der Waals surface area contributed by atoms with Crippen LogP contribution in [0, 0.1) is 6.92 Å². The summed E-state index contributed by atoms with van der Waals surface area (Å²) >= 11 is 6.25. The van der Waals surface area contributed by atoms with Gasteiger partial charge in [0, 0.05) is 23.4 Å². The molecule has 1 aliphatic heterocycles. The number of hydrogen-bond donors (Lipinski definition) is 1. The van der Waals surface area contributed by atoms with Gasteiger partial charge in [-0.1, -0.05) is 48.0 Å². The van der Waals surface area contributed by atoms with Crippen molar-refractivity contribution in [3.8, 4) is 0 Å². The van der Waals surface area contributed by atoms with Crippen molar-refractivity contribution >= 4 is 17.3 Å². The van der Waals surface area contributed by atoms with Gasteiger partial charge in [-0.3, -0.25) is 0 Å². The van der Waals surface area contributed by atoms with Crippen LogP contribution >= 0.6 is 11.6 Å². The highest BCUT2D eigenvalue weighted by molar-refractivity contribution is 6.30. The first-order valence-electron chi connectivity index (χ1n) is 10.3. The highest BCUT2D eigenvalue weighted by Gasteiger charge is 2.34. The van der Waals surface area contributed by atoms with Gasteiger partial charge in [0.2, 0.25) is 5.82 Å². The summed E-state index contributed by atoms with van der Waals surface area (Å²) in [4.78, 5) is 3.89. The molecular weight excluding hydrogens is 400 g/mol. The largest absolute Gasteiger partial charge is 0.383 e. The maximum absolute atomic E-state index is 6.25. The van der Waals surface area contributed by atoms with Crippen molar-refractivity contribution in [2.75, 3.05) is 44.8 Å². The molecule has 8 heteroatoms. The number of hydrogen-bond acceptors (Lipinski definition) is 5. The van der Waals surface area contributed by atoms with E-state index in [1.54, 1.807) is 7.11 Å². The quantitative estimate of drug-likeness (QED) is 0.622. The monoisotopic (exact) mass is 427 g/mol. The van der Waals surface area contributed by atoms with Gasteiger partial charge < -0.3 is 14.5 Å². The van der Waals surface area contributed by atoms with Crippen molar-refractivity contribution in [3.05, 3.63) is 70.5 Å². The van der Waals surface area contributed by atoms with E-state index in [0.29, 0.717) is 13.2 Å². The molecule has 0 amide bonds. The van der Waals surface area contributed by atoms with Crippen LogP contribution < -0.4 is 9.80 Å². The van der Waals surface area contributed by atoms with E-state index in [9.17, 15) is 0 Å². The van der Waals surface area contributed by atoms with Crippen LogP contribution in [-0.4, -0.2) is 60.1 Å². The fourth-order valence-corrected chi connectivity index (χ4v) is 4.38. The molecule has 30 heavy (non-hydrogen) atoms. The lowest BCUT2D eigenvalue weighted by Crippen LogP contribution is -3.15. The van der Waals surface area contributed by atoms with Gasteiger partial charge in [-0.15, -0.1) is 5.10 Å². The molecule has 0 bridgehead atoms. The zero-order valence-corrected chi connectivity index (χ0v) is 18.2. The number of aromatic nitrogens is 4. The van der Waals surface area contributed by atoms with E-state index in [1.165, 1.54) is 21.7 Å². The van der Waals surface area contributed by atoms with Gasteiger partial charge in [-0.25, -0.2) is 4.68 Å². The predicted molar refractivity (Wildman–Crippen MR) is 117 cm³/mol. The average molecular weight is 428 g/mol. The first-order chi connectivity index (χ1) is 14.7. The summed E-state index contributed by atoms with van der Waals surface area (Å²) < 4.78 is 7.12. The minimum Gasteiger partial charge on any atom is -0.383 e. The van der Waals surface area contributed by atoms with Gasteiger partial charge in [0.25, 0.3) is 0 Å². The van der Waals surface area contributed by atoms with Gasteiger partial charge in [-0.05, 0) is 35.0 Å². The van der Waals surface area contributed by atoms with E-state index in [0.717, 1.165) is 37.0 Å². The number of methoxy groups -OCH3 is 1. The number of tetrazole rings is 1. The van der Waals surface area contributed by atoms with Crippen LogP contribution in [0.5, 0.6) is 0 Å². The molecule has 1 saturated heterocycles. The normalized spacial score (nSPS) is 16.0. The Bertz CT molecular complexity index is 955. The Morgan fingerprint density at radius 1 is 1.13 bits per heavy atom. The van der Waals surface area contributed by atoms with Gasteiger partial charge in [0.15, 0.2) is 6.04 Å². The maximum atomic E-state index is 6.25. The van der Waals surface area contributed by atoms with Gasteiger partial charge in [0.05, 0.1) is 39.3 Å². The molecule has 1 N–H and O–H groups in total. The second-order valence-electron chi connectivity index (χ2n) is 7.67. The second kappa shape index (κ2) is 9.55. The molecule has 158 valence electrons. The molecule has 1 fully saturated rings. The molecule has 0 unspecified atom stereocenters. The van der Waals surface area contributed by atoms with E-state index in [4.69, 9.17) is 16.3 Å². The van der Waals surface area contributed by atoms with Crippen molar-refractivity contribution < 1.29 is 9.64 Å². The molecule has 1 aliphatic rings. The number of halogens is 1. The van der Waals surface area contributed by atoms with Crippen molar-refractivity contribution in [2.24, 2.45) is 0 Å². The van der Waals surface area contributed by atoms with Gasteiger partial charge in [0.1, 0.15) is 0 Å². The van der Waals surface area contributed by atoms with Crippen LogP contribution in [0.15, 0.2) is 48.5 Å². The standard InChI is InChI=1S/C22H27ClN6O/c1-17-8-9-19(23)16-20(17)27-10-12-28(13-11-27)21(18-6-4-3-5-7-18)22-24-25-26-29(22)14-15-30-2/h3-9,16,21H,10-15H2,1-2H3/p+1/t21-/m0/s1. The third-order valence-electron chi connectivity index (χ3n) is 5.78. The minimum absolute atomic E-state index is 0.0839. The Balaban J connectivity index is 1.57. The zero-order valence-electron chi connectivity index (χ0n) is 17.5. The van der Waals surface area contributed by atoms with Crippen molar-refractivity contribution in [1.82, 2.24) is 20.2 Å². The molecule has 0 spiro atoms. The molecular formula is C22H28ClN6O+. The zero-order chi connectivity index (χ0) is 20.9. The van der Waals surface area contributed by atoms with Crippen LogP contribution in [0.3, 0.4) is 0 Å². The van der Waals surface area contributed by atoms with Crippen molar-refractivity contribution in [3.63, 3.8) is 0 Å². The summed E-state index contributed by atoms with van der Waals surface area (Å²) in [7, 11) is 1.70. The molecule has 1 aromatic heterocycles. The molecule has 2 aromatic carbocycles. The summed E-state index contributed by atoms with van der Waals surface area (Å²) in [6.07, 6.45) is 0. The lowest BCUT2D eigenvalue weighted by atomic mass is 10.0. The van der Waals surface area contributed by atoms with E-state index >= 15 is 0 Å². The number of benzene rings is 2. The summed E-state index contributed by atoms with van der Waals surface area (Å²) in [6, 6.07) is 16.7. The maximum Gasteiger partial charge on any atom is 0.214 e. The van der Waals surface area contributed by atoms with E-state index in [1.807, 2.05) is 16.8 Å². The van der Waals surface area contributed by atoms with Gasteiger partial charge in [-0.2, -0.15) is 0 Å². The fourth-order valence-electron chi connectivity index (χ4n) is 4.21. The third-order valence-corrected chi connectivity index (χ3v) is 6.02. The molecule has 2 heterocycles. The predicted octanol–water partition coefficient (Wildman–Crippen LogP) is 1.78. The molecule has 7 nitrogen and oxygen atoms in total. The molecule has 1 atom stereocenters. The molecule has 0 saturated carbocycles. The summed E-state index contributed by atoms with van der Waals surface area (Å²) in [6.45, 7) is 7.26. The Kier molecular flexibility index (Phi) is 6.62. The van der Waals surface area contributed by atoms with E-state index in [2.05, 4.69) is 63.7 Å². The van der Waals surface area contributed by atoms with Crippen LogP contribution in [-0.2, 0) is 11.3 Å². The lowest BCUT2D eigenvalue weighted by molar-refractivity contribution is -0.927. The number of piperazine rings is 1. The van der Waals surface area contributed by atoms with Crippen LogP contribution in [0.2, 0.25) is 5.02 Å². The SMILES string of the molecule is COCCn1nnnc1[C@H](c1ccccc1)[NH+]1CCN(c2cc(Cl)ccc2C)CC1. The number of anilines is 1. The van der Waals surface area contributed by atoms with Crippen LogP contribution in [0.1, 0.15) is 23.0 Å². The summed E-state index contributed by atoms with van der Waals surface area (Å²) in [5.74, 6) is 0.889. The number of ether oxygens (including phenoxy) is 1.